The highest BCUT2D eigenvalue weighted by Crippen LogP contribution is 2.25. The molecule has 3 rings (SSSR count). The molecule has 11 heteroatoms. The van der Waals surface area contributed by atoms with Gasteiger partial charge in [-0.15, -0.1) is 11.3 Å². The molecule has 2 N–H and O–H groups in total. The van der Waals surface area contributed by atoms with E-state index in [9.17, 15) is 18.8 Å². The number of esters is 1. The van der Waals surface area contributed by atoms with Crippen LogP contribution in [0.25, 0.3) is 11.3 Å². The minimum absolute atomic E-state index is 0.239. The molecule has 190 valence electrons. The van der Waals surface area contributed by atoms with Gasteiger partial charge in [-0.1, -0.05) is 13.8 Å². The molecule has 2 amide bonds. The van der Waals surface area contributed by atoms with Crippen molar-refractivity contribution in [3.63, 3.8) is 0 Å². The van der Waals surface area contributed by atoms with Gasteiger partial charge in [-0.2, -0.15) is 0 Å². The third-order valence-electron chi connectivity index (χ3n) is 5.06. The first-order valence-corrected chi connectivity index (χ1v) is 11.8. The first kappa shape index (κ1) is 26.6. The number of anilines is 1. The fraction of sp³-hybridized carbons (Fsp3) is 0.280. The van der Waals surface area contributed by atoms with Crippen molar-refractivity contribution in [2.24, 2.45) is 5.92 Å². The monoisotopic (exact) mass is 515 g/mol. The van der Waals surface area contributed by atoms with Gasteiger partial charge in [-0.3, -0.25) is 14.9 Å². The van der Waals surface area contributed by atoms with Crippen molar-refractivity contribution >= 4 is 34.3 Å². The zero-order chi connectivity index (χ0) is 26.2. The Balaban J connectivity index is 1.57. The van der Waals surface area contributed by atoms with Crippen LogP contribution in [0.4, 0.5) is 9.52 Å². The highest BCUT2D eigenvalue weighted by molar-refractivity contribution is 7.14. The summed E-state index contributed by atoms with van der Waals surface area (Å²) >= 11 is 1.18. The van der Waals surface area contributed by atoms with Crippen LogP contribution in [0.2, 0.25) is 0 Å². The SMILES string of the molecule is COc1cc(OC)cc(C(=O)N[C@H](C(=O)OCC(=O)Nc2nc(-c3ccc(F)cc3)cs2)C(C)C)c1. The van der Waals surface area contributed by atoms with Gasteiger partial charge in [0, 0.05) is 22.6 Å². The lowest BCUT2D eigenvalue weighted by atomic mass is 10.0. The van der Waals surface area contributed by atoms with Crippen molar-refractivity contribution in [1.82, 2.24) is 10.3 Å². The molecule has 0 fully saturated rings. The average Bonchev–Trinajstić information content (AvgIpc) is 3.33. The van der Waals surface area contributed by atoms with E-state index in [0.29, 0.717) is 27.9 Å². The summed E-state index contributed by atoms with van der Waals surface area (Å²) in [5.74, 6) is -1.69. The molecule has 0 radical (unpaired) electrons. The highest BCUT2D eigenvalue weighted by Gasteiger charge is 2.27. The number of amides is 2. The Bertz CT molecular complexity index is 1210. The van der Waals surface area contributed by atoms with E-state index >= 15 is 0 Å². The van der Waals surface area contributed by atoms with Gasteiger partial charge in [0.05, 0.1) is 19.9 Å². The van der Waals surface area contributed by atoms with Crippen LogP contribution in [0.5, 0.6) is 11.5 Å². The summed E-state index contributed by atoms with van der Waals surface area (Å²) in [5.41, 5.74) is 1.51. The number of hydrogen-bond acceptors (Lipinski definition) is 8. The van der Waals surface area contributed by atoms with E-state index in [1.54, 1.807) is 37.4 Å². The Morgan fingerprint density at radius 1 is 1.03 bits per heavy atom. The van der Waals surface area contributed by atoms with Crippen LogP contribution < -0.4 is 20.1 Å². The van der Waals surface area contributed by atoms with Crippen LogP contribution in [0.3, 0.4) is 0 Å². The number of ether oxygens (including phenoxy) is 3. The first-order valence-electron chi connectivity index (χ1n) is 10.9. The van der Waals surface area contributed by atoms with Crippen molar-refractivity contribution in [2.45, 2.75) is 19.9 Å². The van der Waals surface area contributed by atoms with Gasteiger partial charge in [0.2, 0.25) is 0 Å². The second-order valence-corrected chi connectivity index (χ2v) is 8.86. The van der Waals surface area contributed by atoms with Crippen molar-refractivity contribution in [1.29, 1.82) is 0 Å². The normalized spacial score (nSPS) is 11.5. The fourth-order valence-electron chi connectivity index (χ4n) is 3.13. The Kier molecular flexibility index (Phi) is 8.96. The Morgan fingerprint density at radius 2 is 1.67 bits per heavy atom. The summed E-state index contributed by atoms with van der Waals surface area (Å²) in [6.07, 6.45) is 0. The molecule has 2 aromatic carbocycles. The first-order chi connectivity index (χ1) is 17.2. The standard InChI is InChI=1S/C25H26FN3O6S/c1-14(2)22(29-23(31)16-9-18(33-3)11-19(10-16)34-4)24(32)35-12-21(30)28-25-27-20(13-36-25)15-5-7-17(26)8-6-15/h5-11,13-14,22H,12H2,1-4H3,(H,29,31)(H,27,28,30)/t22-/m0/s1. The van der Waals surface area contributed by atoms with Gasteiger partial charge in [0.1, 0.15) is 23.4 Å². The molecule has 0 unspecified atom stereocenters. The van der Waals surface area contributed by atoms with Gasteiger partial charge < -0.3 is 19.5 Å². The number of carbonyl (C=O) groups is 3. The van der Waals surface area contributed by atoms with E-state index in [1.165, 1.54) is 49.8 Å². The van der Waals surface area contributed by atoms with Crippen LogP contribution in [0.1, 0.15) is 24.2 Å². The topological polar surface area (TPSA) is 116 Å². The van der Waals surface area contributed by atoms with Crippen LogP contribution >= 0.6 is 11.3 Å². The van der Waals surface area contributed by atoms with Crippen molar-refractivity contribution in [3.05, 3.63) is 59.2 Å². The molecule has 9 nitrogen and oxygen atoms in total. The second-order valence-electron chi connectivity index (χ2n) is 8.00. The maximum absolute atomic E-state index is 13.1. The number of aromatic nitrogens is 1. The lowest BCUT2D eigenvalue weighted by Crippen LogP contribution is -2.46. The Hall–Kier alpha value is -3.99. The molecule has 3 aromatic rings. The summed E-state index contributed by atoms with van der Waals surface area (Å²) in [6.45, 7) is 2.92. The number of thiazole rings is 1. The average molecular weight is 516 g/mol. The lowest BCUT2D eigenvalue weighted by Gasteiger charge is -2.21. The smallest absolute Gasteiger partial charge is 0.329 e. The molecule has 1 heterocycles. The van der Waals surface area contributed by atoms with Gasteiger partial charge >= 0.3 is 5.97 Å². The number of benzene rings is 2. The zero-order valence-corrected chi connectivity index (χ0v) is 21.0. The quantitative estimate of drug-likeness (QED) is 0.394. The number of nitrogens with one attached hydrogen (secondary N) is 2. The predicted octanol–water partition coefficient (Wildman–Crippen LogP) is 3.90. The molecule has 0 aliphatic rings. The van der Waals surface area contributed by atoms with Gasteiger partial charge in [-0.05, 0) is 42.3 Å². The summed E-state index contributed by atoms with van der Waals surface area (Å²) in [7, 11) is 2.93. The minimum Gasteiger partial charge on any atom is -0.497 e. The van der Waals surface area contributed by atoms with Crippen LogP contribution in [0.15, 0.2) is 47.8 Å². The van der Waals surface area contributed by atoms with Crippen LogP contribution in [0, 0.1) is 11.7 Å². The van der Waals surface area contributed by atoms with Crippen molar-refractivity contribution in [3.8, 4) is 22.8 Å². The molecule has 0 spiro atoms. The maximum Gasteiger partial charge on any atom is 0.329 e. The van der Waals surface area contributed by atoms with E-state index in [-0.39, 0.29) is 17.3 Å². The Morgan fingerprint density at radius 3 is 2.25 bits per heavy atom. The van der Waals surface area contributed by atoms with Gasteiger partial charge in [0.15, 0.2) is 11.7 Å². The van der Waals surface area contributed by atoms with Crippen molar-refractivity contribution in [2.75, 3.05) is 26.1 Å². The number of rotatable bonds is 10. The molecule has 0 bridgehead atoms. The number of hydrogen-bond donors (Lipinski definition) is 2. The molecular formula is C25H26FN3O6S. The van der Waals surface area contributed by atoms with E-state index in [2.05, 4.69) is 15.6 Å². The zero-order valence-electron chi connectivity index (χ0n) is 20.2. The van der Waals surface area contributed by atoms with E-state index in [0.717, 1.165) is 0 Å². The van der Waals surface area contributed by atoms with E-state index in [1.807, 2.05) is 0 Å². The minimum atomic E-state index is -0.993. The van der Waals surface area contributed by atoms with Gasteiger partial charge in [0.25, 0.3) is 11.8 Å². The van der Waals surface area contributed by atoms with Crippen LogP contribution in [-0.2, 0) is 14.3 Å². The third kappa shape index (κ3) is 7.01. The summed E-state index contributed by atoms with van der Waals surface area (Å²) < 4.78 is 28.6. The maximum atomic E-state index is 13.1. The molecular weight excluding hydrogens is 489 g/mol. The fourth-order valence-corrected chi connectivity index (χ4v) is 3.86. The molecule has 0 saturated carbocycles. The molecule has 0 aliphatic carbocycles. The molecule has 36 heavy (non-hydrogen) atoms. The second kappa shape index (κ2) is 12.1. The lowest BCUT2D eigenvalue weighted by molar-refractivity contribution is -0.150. The Labute approximate surface area is 211 Å². The molecule has 1 atom stereocenters. The molecule has 0 saturated heterocycles. The number of carbonyl (C=O) groups excluding carboxylic acids is 3. The predicted molar refractivity (Wildman–Crippen MR) is 133 cm³/mol. The summed E-state index contributed by atoms with van der Waals surface area (Å²) in [6, 6.07) is 9.47. The summed E-state index contributed by atoms with van der Waals surface area (Å²) in [5, 5.41) is 7.22. The van der Waals surface area contributed by atoms with E-state index < -0.39 is 30.4 Å². The number of nitrogens with zero attached hydrogens (tertiary/aromatic N) is 1. The molecule has 1 aromatic heterocycles. The van der Waals surface area contributed by atoms with Gasteiger partial charge in [-0.25, -0.2) is 14.2 Å². The molecule has 0 aliphatic heterocycles. The summed E-state index contributed by atoms with van der Waals surface area (Å²) in [4.78, 5) is 42.0. The largest absolute Gasteiger partial charge is 0.497 e. The highest BCUT2D eigenvalue weighted by atomic mass is 32.1. The van der Waals surface area contributed by atoms with Crippen LogP contribution in [-0.4, -0.2) is 49.6 Å². The number of halogens is 1. The van der Waals surface area contributed by atoms with Crippen molar-refractivity contribution < 1.29 is 33.0 Å². The van der Waals surface area contributed by atoms with E-state index in [4.69, 9.17) is 14.2 Å². The number of methoxy groups -OCH3 is 2. The third-order valence-corrected chi connectivity index (χ3v) is 5.81.